The third kappa shape index (κ3) is 4.36. The molecule has 0 radical (unpaired) electrons. The Labute approximate surface area is 165 Å². The maximum atomic E-state index is 12.4. The van der Waals surface area contributed by atoms with E-state index in [-0.39, 0.29) is 17.9 Å². The van der Waals surface area contributed by atoms with Crippen LogP contribution in [0.15, 0.2) is 30.5 Å². The van der Waals surface area contributed by atoms with Crippen LogP contribution in [0.5, 0.6) is 0 Å². The fraction of sp³-hybridized carbons (Fsp3) is 0.524. The van der Waals surface area contributed by atoms with Crippen molar-refractivity contribution in [3.63, 3.8) is 0 Å². The zero-order valence-electron chi connectivity index (χ0n) is 16.2. The highest BCUT2D eigenvalue weighted by molar-refractivity contribution is 5.83. The van der Waals surface area contributed by atoms with Crippen molar-refractivity contribution in [2.24, 2.45) is 0 Å². The van der Waals surface area contributed by atoms with Crippen molar-refractivity contribution in [1.29, 1.82) is 0 Å². The van der Waals surface area contributed by atoms with Gasteiger partial charge in [-0.25, -0.2) is 0 Å². The number of nitrogens with zero attached hydrogens (tertiary/aromatic N) is 2. The number of hydrogen-bond acceptors (Lipinski definition) is 4. The summed E-state index contributed by atoms with van der Waals surface area (Å²) in [6.07, 6.45) is 4.37. The summed E-state index contributed by atoms with van der Waals surface area (Å²) in [5.41, 5.74) is 2.34. The molecule has 0 spiro atoms. The molecule has 150 valence electrons. The molecule has 0 bridgehead atoms. The molecule has 1 aromatic heterocycles. The van der Waals surface area contributed by atoms with Gasteiger partial charge in [-0.1, -0.05) is 18.2 Å². The van der Waals surface area contributed by atoms with E-state index < -0.39 is 0 Å². The molecule has 2 aliphatic rings. The second-order valence-corrected chi connectivity index (χ2v) is 7.56. The van der Waals surface area contributed by atoms with Crippen LogP contribution in [0.4, 0.5) is 0 Å². The maximum Gasteiger partial charge on any atom is 0.251 e. The van der Waals surface area contributed by atoms with Gasteiger partial charge in [-0.05, 0) is 30.9 Å². The number of piperazine rings is 1. The van der Waals surface area contributed by atoms with Crippen molar-refractivity contribution in [3.8, 4) is 0 Å². The largest absolute Gasteiger partial charge is 0.368 e. The Morgan fingerprint density at radius 3 is 2.79 bits per heavy atom. The third-order valence-corrected chi connectivity index (χ3v) is 5.65. The number of nitrogens with one attached hydrogen (secondary N) is 2. The molecule has 2 fully saturated rings. The Balaban J connectivity index is 1.17. The molecule has 2 aliphatic heterocycles. The number of para-hydroxylation sites is 1. The summed E-state index contributed by atoms with van der Waals surface area (Å²) in [6.45, 7) is 4.49. The highest BCUT2D eigenvalue weighted by atomic mass is 16.5. The highest BCUT2D eigenvalue weighted by Crippen LogP contribution is 2.18. The predicted molar refractivity (Wildman–Crippen MR) is 107 cm³/mol. The number of H-pyrrole nitrogens is 1. The number of hydrogen-bond donors (Lipinski definition) is 2. The van der Waals surface area contributed by atoms with Crippen molar-refractivity contribution in [2.45, 2.75) is 25.4 Å². The molecule has 2 aromatic rings. The molecule has 28 heavy (non-hydrogen) atoms. The number of benzene rings is 1. The summed E-state index contributed by atoms with van der Waals surface area (Å²) in [5, 5.41) is 4.23. The number of fused-ring (bicyclic) bond motifs is 1. The molecule has 0 aliphatic carbocycles. The molecule has 1 unspecified atom stereocenters. The van der Waals surface area contributed by atoms with Crippen LogP contribution < -0.4 is 5.32 Å². The molecule has 2 N–H and O–H groups in total. The zero-order valence-corrected chi connectivity index (χ0v) is 16.2. The van der Waals surface area contributed by atoms with Crippen LogP contribution in [0.3, 0.4) is 0 Å². The van der Waals surface area contributed by atoms with Crippen molar-refractivity contribution in [2.75, 3.05) is 45.9 Å². The normalized spacial score (nSPS) is 20.6. The third-order valence-electron chi connectivity index (χ3n) is 5.65. The summed E-state index contributed by atoms with van der Waals surface area (Å²) >= 11 is 0. The first-order valence-corrected chi connectivity index (χ1v) is 10.1. The lowest BCUT2D eigenvalue weighted by molar-refractivity contribution is -0.142. The molecule has 2 amide bonds. The minimum absolute atomic E-state index is 0.0405. The van der Waals surface area contributed by atoms with E-state index in [4.69, 9.17) is 4.74 Å². The van der Waals surface area contributed by atoms with E-state index in [1.807, 2.05) is 23.2 Å². The van der Waals surface area contributed by atoms with Gasteiger partial charge in [0.2, 0.25) is 5.91 Å². The predicted octanol–water partition coefficient (Wildman–Crippen LogP) is 1.15. The van der Waals surface area contributed by atoms with Gasteiger partial charge in [-0.15, -0.1) is 0 Å². The maximum absolute atomic E-state index is 12.4. The summed E-state index contributed by atoms with van der Waals surface area (Å²) in [5.74, 6) is 0.152. The van der Waals surface area contributed by atoms with Gasteiger partial charge >= 0.3 is 0 Å². The molecule has 1 atom stereocenters. The van der Waals surface area contributed by atoms with Gasteiger partial charge in [0.05, 0.1) is 6.54 Å². The van der Waals surface area contributed by atoms with E-state index in [1.54, 1.807) is 0 Å². The number of aromatic amines is 1. The van der Waals surface area contributed by atoms with E-state index in [1.165, 1.54) is 10.9 Å². The number of ether oxygens (including phenoxy) is 1. The monoisotopic (exact) mass is 384 g/mol. The van der Waals surface area contributed by atoms with E-state index in [0.717, 1.165) is 37.9 Å². The Hall–Kier alpha value is -2.38. The standard InChI is InChI=1S/C21H28N4O3/c26-20(22-8-7-16-14-23-18-5-2-1-4-17(16)18)15-24-9-11-25(12-10-24)21(27)19-6-3-13-28-19/h1-2,4-5,14,19,23H,3,6-13,15H2,(H,22,26). The fourth-order valence-electron chi connectivity index (χ4n) is 4.04. The van der Waals surface area contributed by atoms with Crippen molar-refractivity contribution < 1.29 is 14.3 Å². The van der Waals surface area contributed by atoms with Crippen LogP contribution in [0.25, 0.3) is 10.9 Å². The van der Waals surface area contributed by atoms with E-state index in [2.05, 4.69) is 27.3 Å². The summed E-state index contributed by atoms with van der Waals surface area (Å²) < 4.78 is 5.49. The average molecular weight is 384 g/mol. The second kappa shape index (κ2) is 8.75. The topological polar surface area (TPSA) is 77.7 Å². The van der Waals surface area contributed by atoms with Gasteiger partial charge < -0.3 is 19.9 Å². The van der Waals surface area contributed by atoms with Crippen molar-refractivity contribution >= 4 is 22.7 Å². The SMILES string of the molecule is O=C(CN1CCN(C(=O)C2CCCO2)CC1)NCCc1c[nH]c2ccccc12. The summed E-state index contributed by atoms with van der Waals surface area (Å²) in [7, 11) is 0. The van der Waals surface area contributed by atoms with Crippen LogP contribution in [-0.4, -0.2) is 78.6 Å². The van der Waals surface area contributed by atoms with Gasteiger partial charge in [0.15, 0.2) is 0 Å². The number of carbonyl (C=O) groups is 2. The van der Waals surface area contributed by atoms with E-state index in [0.29, 0.717) is 32.8 Å². The molecule has 4 rings (SSSR count). The number of carbonyl (C=O) groups excluding carboxylic acids is 2. The molecular weight excluding hydrogens is 356 g/mol. The lowest BCUT2D eigenvalue weighted by Crippen LogP contribution is -2.53. The summed E-state index contributed by atoms with van der Waals surface area (Å²) in [4.78, 5) is 31.9. The minimum Gasteiger partial charge on any atom is -0.368 e. The molecule has 3 heterocycles. The molecule has 2 saturated heterocycles. The van der Waals surface area contributed by atoms with E-state index >= 15 is 0 Å². The highest BCUT2D eigenvalue weighted by Gasteiger charge is 2.30. The number of aromatic nitrogens is 1. The first-order chi connectivity index (χ1) is 13.7. The Morgan fingerprint density at radius 2 is 2.00 bits per heavy atom. The van der Waals surface area contributed by atoms with Crippen LogP contribution in [0.2, 0.25) is 0 Å². The Morgan fingerprint density at radius 1 is 1.18 bits per heavy atom. The van der Waals surface area contributed by atoms with Crippen molar-refractivity contribution in [1.82, 2.24) is 20.1 Å². The molecule has 7 heteroatoms. The van der Waals surface area contributed by atoms with Gasteiger partial charge in [-0.3, -0.25) is 14.5 Å². The van der Waals surface area contributed by atoms with Crippen LogP contribution in [0, 0.1) is 0 Å². The zero-order chi connectivity index (χ0) is 19.3. The summed E-state index contributed by atoms with van der Waals surface area (Å²) in [6, 6.07) is 8.20. The lowest BCUT2D eigenvalue weighted by atomic mass is 10.1. The molecule has 7 nitrogen and oxygen atoms in total. The molecule has 1 aromatic carbocycles. The van der Waals surface area contributed by atoms with E-state index in [9.17, 15) is 9.59 Å². The number of rotatable bonds is 6. The van der Waals surface area contributed by atoms with Gasteiger partial charge in [-0.2, -0.15) is 0 Å². The minimum atomic E-state index is -0.251. The van der Waals surface area contributed by atoms with Gasteiger partial charge in [0.25, 0.3) is 5.91 Å². The smallest absolute Gasteiger partial charge is 0.251 e. The second-order valence-electron chi connectivity index (χ2n) is 7.56. The average Bonchev–Trinajstić information content (AvgIpc) is 3.39. The Bertz CT molecular complexity index is 820. The van der Waals surface area contributed by atoms with Crippen LogP contribution >= 0.6 is 0 Å². The Kier molecular flexibility index (Phi) is 5.92. The first kappa shape index (κ1) is 19.0. The number of amides is 2. The quantitative estimate of drug-likeness (QED) is 0.783. The molecular formula is C21H28N4O3. The molecule has 0 saturated carbocycles. The van der Waals surface area contributed by atoms with Gasteiger partial charge in [0.1, 0.15) is 6.10 Å². The fourth-order valence-corrected chi connectivity index (χ4v) is 4.04. The lowest BCUT2D eigenvalue weighted by Gasteiger charge is -2.35. The van der Waals surface area contributed by atoms with Crippen molar-refractivity contribution in [3.05, 3.63) is 36.0 Å². The van der Waals surface area contributed by atoms with Crippen LogP contribution in [0.1, 0.15) is 18.4 Å². The first-order valence-electron chi connectivity index (χ1n) is 10.1. The van der Waals surface area contributed by atoms with Gasteiger partial charge in [0, 0.05) is 56.4 Å². The van der Waals surface area contributed by atoms with Crippen LogP contribution in [-0.2, 0) is 20.7 Å².